The molecule has 0 saturated carbocycles. The molecule has 0 saturated heterocycles. The minimum atomic E-state index is 0.364. The predicted octanol–water partition coefficient (Wildman–Crippen LogP) is 1.44. The summed E-state index contributed by atoms with van der Waals surface area (Å²) in [6, 6.07) is 2.38. The number of hydrogen-bond donors (Lipinski definition) is 3. The van der Waals surface area contributed by atoms with Gasteiger partial charge in [0.2, 0.25) is 0 Å². The fourth-order valence-corrected chi connectivity index (χ4v) is 1.82. The van der Waals surface area contributed by atoms with Crippen molar-refractivity contribution >= 4 is 11.6 Å². The minimum Gasteiger partial charge on any atom is -0.377 e. The Morgan fingerprint density at radius 2 is 2.00 bits per heavy atom. The lowest BCUT2D eigenvalue weighted by atomic mass is 10.2. The van der Waals surface area contributed by atoms with Crippen molar-refractivity contribution in [2.75, 3.05) is 38.0 Å². The van der Waals surface area contributed by atoms with E-state index < -0.39 is 0 Å². The number of rotatable bonds is 10. The van der Waals surface area contributed by atoms with E-state index in [1.807, 2.05) is 0 Å². The Morgan fingerprint density at radius 3 is 2.62 bits per heavy atom. The van der Waals surface area contributed by atoms with Gasteiger partial charge in [0.25, 0.3) is 0 Å². The van der Waals surface area contributed by atoms with Crippen LogP contribution in [0, 0.1) is 0 Å². The number of nitrogens with zero attached hydrogens (tertiary/aromatic N) is 3. The first-order valence-corrected chi connectivity index (χ1v) is 7.34. The van der Waals surface area contributed by atoms with Gasteiger partial charge in [-0.25, -0.2) is 15.8 Å². The van der Waals surface area contributed by atoms with Crippen LogP contribution in [0.5, 0.6) is 0 Å². The number of nitrogen functional groups attached to an aromatic ring is 1. The summed E-state index contributed by atoms with van der Waals surface area (Å²) in [6.07, 6.45) is 2.24. The minimum absolute atomic E-state index is 0.364. The van der Waals surface area contributed by atoms with Gasteiger partial charge in [0.1, 0.15) is 18.2 Å². The van der Waals surface area contributed by atoms with Crippen molar-refractivity contribution in [3.8, 4) is 0 Å². The fourth-order valence-electron chi connectivity index (χ4n) is 1.82. The molecule has 1 heterocycles. The van der Waals surface area contributed by atoms with Crippen LogP contribution < -0.4 is 16.6 Å². The van der Waals surface area contributed by atoms with E-state index in [9.17, 15) is 0 Å². The molecule has 0 aliphatic heterocycles. The van der Waals surface area contributed by atoms with Crippen LogP contribution in [0.4, 0.5) is 11.6 Å². The van der Waals surface area contributed by atoms with Crippen LogP contribution in [0.15, 0.2) is 6.07 Å². The van der Waals surface area contributed by atoms with Crippen LogP contribution in [-0.2, 0) is 11.3 Å². The zero-order chi connectivity index (χ0) is 15.7. The summed E-state index contributed by atoms with van der Waals surface area (Å²) < 4.78 is 5.05. The molecule has 0 fully saturated rings. The molecule has 0 atom stereocenters. The molecular formula is C14H28N6O. The highest BCUT2D eigenvalue weighted by atomic mass is 16.5. The monoisotopic (exact) mass is 296 g/mol. The molecule has 7 heteroatoms. The third kappa shape index (κ3) is 6.70. The number of hydrazine groups is 1. The van der Waals surface area contributed by atoms with Crippen molar-refractivity contribution < 1.29 is 4.74 Å². The van der Waals surface area contributed by atoms with Crippen molar-refractivity contribution in [1.29, 1.82) is 0 Å². The Hall–Kier alpha value is -1.44. The van der Waals surface area contributed by atoms with Crippen LogP contribution in [-0.4, -0.2) is 48.2 Å². The molecule has 0 spiro atoms. The second kappa shape index (κ2) is 9.49. The molecule has 0 aliphatic carbocycles. The number of anilines is 2. The number of unbranched alkanes of at least 4 members (excludes halogenated alkanes) is 1. The zero-order valence-corrected chi connectivity index (χ0v) is 13.5. The molecule has 4 N–H and O–H groups in total. The summed E-state index contributed by atoms with van der Waals surface area (Å²) in [4.78, 5) is 10.9. The average Bonchev–Trinajstić information content (AvgIpc) is 2.46. The van der Waals surface area contributed by atoms with E-state index in [4.69, 9.17) is 10.6 Å². The molecule has 21 heavy (non-hydrogen) atoms. The highest BCUT2D eigenvalue weighted by Gasteiger charge is 2.04. The van der Waals surface area contributed by atoms with Crippen LogP contribution in [0.3, 0.4) is 0 Å². The first kappa shape index (κ1) is 17.6. The number of ether oxygens (including phenoxy) is 1. The van der Waals surface area contributed by atoms with E-state index >= 15 is 0 Å². The van der Waals surface area contributed by atoms with E-state index in [1.165, 1.54) is 0 Å². The number of aromatic nitrogens is 2. The van der Waals surface area contributed by atoms with E-state index in [0.717, 1.165) is 31.7 Å². The van der Waals surface area contributed by atoms with Crippen molar-refractivity contribution in [1.82, 2.24) is 14.9 Å². The Morgan fingerprint density at radius 1 is 1.29 bits per heavy atom. The lowest BCUT2D eigenvalue weighted by Crippen LogP contribution is -2.27. The lowest BCUT2D eigenvalue weighted by Gasteiger charge is -2.20. The van der Waals surface area contributed by atoms with Gasteiger partial charge < -0.3 is 20.4 Å². The topological polar surface area (TPSA) is 88.3 Å². The highest BCUT2D eigenvalue weighted by molar-refractivity contribution is 5.46. The van der Waals surface area contributed by atoms with Gasteiger partial charge in [0, 0.05) is 25.8 Å². The van der Waals surface area contributed by atoms with Crippen LogP contribution in [0.25, 0.3) is 0 Å². The first-order chi connectivity index (χ1) is 10.1. The maximum atomic E-state index is 5.41. The largest absolute Gasteiger partial charge is 0.377 e. The predicted molar refractivity (Wildman–Crippen MR) is 86.0 cm³/mol. The Labute approximate surface area is 127 Å². The van der Waals surface area contributed by atoms with Gasteiger partial charge in [0.05, 0.1) is 0 Å². The van der Waals surface area contributed by atoms with Crippen molar-refractivity contribution in [2.45, 2.75) is 39.3 Å². The maximum Gasteiger partial charge on any atom is 0.158 e. The third-order valence-corrected chi connectivity index (χ3v) is 3.32. The van der Waals surface area contributed by atoms with E-state index in [0.29, 0.717) is 24.3 Å². The summed E-state index contributed by atoms with van der Waals surface area (Å²) in [6.45, 7) is 6.76. The maximum absolute atomic E-state index is 5.41. The van der Waals surface area contributed by atoms with Crippen LogP contribution in [0.2, 0.25) is 0 Å². The molecule has 0 bridgehead atoms. The lowest BCUT2D eigenvalue weighted by molar-refractivity contribution is 0.178. The van der Waals surface area contributed by atoms with Gasteiger partial charge in [0.15, 0.2) is 5.82 Å². The second-order valence-corrected chi connectivity index (χ2v) is 5.34. The quantitative estimate of drug-likeness (QED) is 0.342. The van der Waals surface area contributed by atoms with Gasteiger partial charge in [-0.05, 0) is 40.3 Å². The van der Waals surface area contributed by atoms with Crippen molar-refractivity contribution in [2.24, 2.45) is 5.84 Å². The molecule has 120 valence electrons. The van der Waals surface area contributed by atoms with Gasteiger partial charge >= 0.3 is 0 Å². The van der Waals surface area contributed by atoms with Crippen LogP contribution in [0.1, 0.15) is 32.5 Å². The Kier molecular flexibility index (Phi) is 7.96. The molecule has 7 nitrogen and oxygen atoms in total. The molecule has 1 aromatic rings. The molecular weight excluding hydrogens is 268 g/mol. The number of methoxy groups -OCH3 is 1. The zero-order valence-electron chi connectivity index (χ0n) is 13.5. The SMILES string of the molecule is COCc1nc(NN)cc(NCCCCN(C)C(C)C)n1. The molecule has 0 radical (unpaired) electrons. The molecule has 1 aromatic heterocycles. The van der Waals surface area contributed by atoms with E-state index in [-0.39, 0.29) is 0 Å². The Bertz CT molecular complexity index is 412. The van der Waals surface area contributed by atoms with Gasteiger partial charge in [-0.1, -0.05) is 0 Å². The fraction of sp³-hybridized carbons (Fsp3) is 0.714. The summed E-state index contributed by atoms with van der Waals surface area (Å²) in [7, 11) is 3.77. The molecule has 0 aromatic carbocycles. The van der Waals surface area contributed by atoms with Crippen LogP contribution >= 0.6 is 0 Å². The number of nitrogens with one attached hydrogen (secondary N) is 2. The molecule has 0 unspecified atom stereocenters. The molecule has 0 amide bonds. The third-order valence-electron chi connectivity index (χ3n) is 3.32. The van der Waals surface area contributed by atoms with E-state index in [2.05, 4.69) is 46.5 Å². The molecule has 1 rings (SSSR count). The average molecular weight is 296 g/mol. The second-order valence-electron chi connectivity index (χ2n) is 5.34. The van der Waals surface area contributed by atoms with Gasteiger partial charge in [-0.3, -0.25) is 0 Å². The normalized spacial score (nSPS) is 11.2. The standard InChI is InChI=1S/C14H28N6O/c1-11(2)20(3)8-6-5-7-16-12-9-13(19-15)18-14(17-12)10-21-4/h9,11H,5-8,10,15H2,1-4H3,(H2,16,17,18,19). The summed E-state index contributed by atoms with van der Waals surface area (Å²) in [5, 5.41) is 3.30. The van der Waals surface area contributed by atoms with Gasteiger partial charge in [-0.15, -0.1) is 0 Å². The molecule has 0 aliphatic rings. The number of hydrogen-bond acceptors (Lipinski definition) is 7. The number of nitrogens with two attached hydrogens (primary N) is 1. The van der Waals surface area contributed by atoms with E-state index in [1.54, 1.807) is 13.2 Å². The summed E-state index contributed by atoms with van der Waals surface area (Å²) in [5.41, 5.74) is 2.54. The summed E-state index contributed by atoms with van der Waals surface area (Å²) >= 11 is 0. The summed E-state index contributed by atoms with van der Waals surface area (Å²) in [5.74, 6) is 7.36. The Balaban J connectivity index is 2.39. The van der Waals surface area contributed by atoms with Gasteiger partial charge in [-0.2, -0.15) is 0 Å². The van der Waals surface area contributed by atoms with Crippen molar-refractivity contribution in [3.63, 3.8) is 0 Å². The smallest absolute Gasteiger partial charge is 0.158 e. The highest BCUT2D eigenvalue weighted by Crippen LogP contribution is 2.11. The first-order valence-electron chi connectivity index (χ1n) is 7.34. The van der Waals surface area contributed by atoms with Crippen molar-refractivity contribution in [3.05, 3.63) is 11.9 Å².